The summed E-state index contributed by atoms with van der Waals surface area (Å²) in [6.07, 6.45) is 3.73. The SMILES string of the molecule is CN1/C(=C\C=C2\N=C(c3ccc(-c4ccccc4)cc3)OC2=O)C(C)(C)c2ccccc21. The van der Waals surface area contributed by atoms with Crippen molar-refractivity contribution in [2.75, 3.05) is 11.9 Å². The molecule has 5 rings (SSSR count). The molecule has 0 bridgehead atoms. The number of allylic oxidation sites excluding steroid dienone is 3. The summed E-state index contributed by atoms with van der Waals surface area (Å²) in [5.41, 5.74) is 6.72. The third-order valence-corrected chi connectivity index (χ3v) is 6.20. The van der Waals surface area contributed by atoms with Gasteiger partial charge in [0.15, 0.2) is 5.70 Å². The number of hydrogen-bond donors (Lipinski definition) is 0. The minimum Gasteiger partial charge on any atom is -0.402 e. The largest absolute Gasteiger partial charge is 0.402 e. The second kappa shape index (κ2) is 7.65. The summed E-state index contributed by atoms with van der Waals surface area (Å²) in [6.45, 7) is 4.38. The standard InChI is InChI=1S/C28H24N2O2/c1-28(2)22-11-7-8-12-24(22)30(3)25(28)18-17-23-27(31)32-26(29-23)21-15-13-20(14-16-21)19-9-5-4-6-10-19/h4-18H,1-3H3/b23-17+,25-18-. The number of fused-ring (bicyclic) bond motifs is 1. The number of anilines is 1. The Balaban J connectivity index is 1.42. The van der Waals surface area contributed by atoms with E-state index in [1.54, 1.807) is 6.08 Å². The highest BCUT2D eigenvalue weighted by Gasteiger charge is 2.38. The van der Waals surface area contributed by atoms with Crippen molar-refractivity contribution in [1.82, 2.24) is 0 Å². The monoisotopic (exact) mass is 420 g/mol. The average molecular weight is 421 g/mol. The van der Waals surface area contributed by atoms with Crippen LogP contribution in [0.2, 0.25) is 0 Å². The number of carbonyl (C=O) groups is 1. The molecule has 0 saturated carbocycles. The lowest BCUT2D eigenvalue weighted by Gasteiger charge is -2.23. The fraction of sp³-hybridized carbons (Fsp3) is 0.143. The first-order valence-electron chi connectivity index (χ1n) is 10.7. The smallest absolute Gasteiger partial charge is 0.363 e. The third-order valence-electron chi connectivity index (χ3n) is 6.20. The quantitative estimate of drug-likeness (QED) is 0.394. The summed E-state index contributed by atoms with van der Waals surface area (Å²) in [5.74, 6) is -0.0958. The van der Waals surface area contributed by atoms with Gasteiger partial charge in [-0.1, -0.05) is 74.5 Å². The van der Waals surface area contributed by atoms with E-state index < -0.39 is 5.97 Å². The van der Waals surface area contributed by atoms with Crippen LogP contribution in [-0.2, 0) is 14.9 Å². The second-order valence-electron chi connectivity index (χ2n) is 8.55. The maximum atomic E-state index is 12.5. The van der Waals surface area contributed by atoms with Crippen LogP contribution in [0.5, 0.6) is 0 Å². The molecule has 4 heteroatoms. The number of rotatable bonds is 3. The molecule has 0 unspecified atom stereocenters. The van der Waals surface area contributed by atoms with Crippen LogP contribution in [0.3, 0.4) is 0 Å². The molecule has 3 aromatic rings. The minimum absolute atomic E-state index is 0.162. The highest BCUT2D eigenvalue weighted by molar-refractivity contribution is 6.11. The number of aliphatic imine (C=N–C) groups is 1. The molecule has 3 aromatic carbocycles. The predicted molar refractivity (Wildman–Crippen MR) is 129 cm³/mol. The fourth-order valence-electron chi connectivity index (χ4n) is 4.44. The summed E-state index contributed by atoms with van der Waals surface area (Å²) in [6, 6.07) is 26.4. The fourth-order valence-corrected chi connectivity index (χ4v) is 4.44. The van der Waals surface area contributed by atoms with Crippen LogP contribution >= 0.6 is 0 Å². The van der Waals surface area contributed by atoms with Gasteiger partial charge >= 0.3 is 5.97 Å². The van der Waals surface area contributed by atoms with Crippen molar-refractivity contribution >= 4 is 17.6 Å². The van der Waals surface area contributed by atoms with Crippen LogP contribution in [-0.4, -0.2) is 18.9 Å². The molecule has 0 fully saturated rings. The maximum Gasteiger partial charge on any atom is 0.363 e. The minimum atomic E-state index is -0.431. The lowest BCUT2D eigenvalue weighted by Crippen LogP contribution is -2.22. The van der Waals surface area contributed by atoms with Gasteiger partial charge in [0.25, 0.3) is 0 Å². The van der Waals surface area contributed by atoms with Gasteiger partial charge in [-0.05, 0) is 47.0 Å². The molecule has 2 heterocycles. The Morgan fingerprint density at radius 1 is 0.812 bits per heavy atom. The Kier molecular flexibility index (Phi) is 4.78. The van der Waals surface area contributed by atoms with Crippen molar-refractivity contribution in [1.29, 1.82) is 0 Å². The van der Waals surface area contributed by atoms with E-state index in [4.69, 9.17) is 4.74 Å². The Morgan fingerprint density at radius 2 is 1.44 bits per heavy atom. The zero-order chi connectivity index (χ0) is 22.3. The van der Waals surface area contributed by atoms with Crippen molar-refractivity contribution in [3.05, 3.63) is 114 Å². The van der Waals surface area contributed by atoms with E-state index in [1.165, 1.54) is 11.3 Å². The molecule has 0 amide bonds. The highest BCUT2D eigenvalue weighted by Crippen LogP contribution is 2.46. The van der Waals surface area contributed by atoms with E-state index >= 15 is 0 Å². The van der Waals surface area contributed by atoms with Crippen LogP contribution in [0, 0.1) is 0 Å². The summed E-state index contributed by atoms with van der Waals surface area (Å²) >= 11 is 0. The van der Waals surface area contributed by atoms with Crippen LogP contribution < -0.4 is 4.90 Å². The molecule has 0 aliphatic carbocycles. The molecule has 0 spiro atoms. The number of carbonyl (C=O) groups excluding carboxylic acids is 1. The highest BCUT2D eigenvalue weighted by atomic mass is 16.6. The summed E-state index contributed by atoms with van der Waals surface area (Å²) in [7, 11) is 2.05. The first-order chi connectivity index (χ1) is 15.4. The molecular weight excluding hydrogens is 396 g/mol. The lowest BCUT2D eigenvalue weighted by atomic mass is 9.84. The van der Waals surface area contributed by atoms with E-state index in [9.17, 15) is 4.79 Å². The number of likely N-dealkylation sites (N-methyl/N-ethyl adjacent to an activating group) is 1. The first-order valence-corrected chi connectivity index (χ1v) is 10.7. The topological polar surface area (TPSA) is 41.9 Å². The van der Waals surface area contributed by atoms with E-state index in [0.29, 0.717) is 11.6 Å². The van der Waals surface area contributed by atoms with E-state index in [2.05, 4.69) is 54.1 Å². The van der Waals surface area contributed by atoms with Crippen LogP contribution in [0.1, 0.15) is 25.0 Å². The Labute approximate surface area is 188 Å². The Morgan fingerprint density at radius 3 is 2.16 bits per heavy atom. The van der Waals surface area contributed by atoms with Gasteiger partial charge in [0.1, 0.15) is 0 Å². The normalized spacial score (nSPS) is 19.3. The summed E-state index contributed by atoms with van der Waals surface area (Å²) in [5, 5.41) is 0. The van der Waals surface area contributed by atoms with Gasteiger partial charge < -0.3 is 9.64 Å². The lowest BCUT2D eigenvalue weighted by molar-refractivity contribution is -0.130. The number of hydrogen-bond acceptors (Lipinski definition) is 4. The molecule has 0 N–H and O–H groups in total. The zero-order valence-corrected chi connectivity index (χ0v) is 18.4. The molecule has 158 valence electrons. The van der Waals surface area contributed by atoms with Gasteiger partial charge in [-0.2, -0.15) is 0 Å². The summed E-state index contributed by atoms with van der Waals surface area (Å²) in [4.78, 5) is 19.1. The van der Waals surface area contributed by atoms with E-state index in [0.717, 1.165) is 22.4 Å². The van der Waals surface area contributed by atoms with E-state index in [-0.39, 0.29) is 5.41 Å². The van der Waals surface area contributed by atoms with Gasteiger partial charge in [-0.15, -0.1) is 0 Å². The molecular formula is C28H24N2O2. The molecule has 0 radical (unpaired) electrons. The van der Waals surface area contributed by atoms with Crippen LogP contribution in [0.25, 0.3) is 11.1 Å². The van der Waals surface area contributed by atoms with Crippen molar-refractivity contribution in [2.24, 2.45) is 4.99 Å². The Bertz CT molecular complexity index is 1280. The molecule has 2 aliphatic rings. The third kappa shape index (κ3) is 3.34. The number of nitrogens with zero attached hydrogens (tertiary/aromatic N) is 2. The first kappa shape index (κ1) is 20.0. The number of cyclic esters (lactones) is 1. The molecule has 32 heavy (non-hydrogen) atoms. The van der Waals surface area contributed by atoms with Gasteiger partial charge in [0, 0.05) is 29.4 Å². The number of para-hydroxylation sites is 1. The number of benzene rings is 3. The second-order valence-corrected chi connectivity index (χ2v) is 8.55. The maximum absolute atomic E-state index is 12.5. The zero-order valence-electron chi connectivity index (χ0n) is 18.4. The number of ether oxygens (including phenoxy) is 1. The van der Waals surface area contributed by atoms with Crippen molar-refractivity contribution in [3.63, 3.8) is 0 Å². The van der Waals surface area contributed by atoms with Gasteiger partial charge in [-0.3, -0.25) is 0 Å². The van der Waals surface area contributed by atoms with E-state index in [1.807, 2.05) is 61.7 Å². The molecule has 2 aliphatic heterocycles. The molecule has 4 nitrogen and oxygen atoms in total. The van der Waals surface area contributed by atoms with Crippen molar-refractivity contribution < 1.29 is 9.53 Å². The van der Waals surface area contributed by atoms with Crippen molar-refractivity contribution in [3.8, 4) is 11.1 Å². The van der Waals surface area contributed by atoms with Crippen LogP contribution in [0.15, 0.2) is 107 Å². The molecule has 0 saturated heterocycles. The van der Waals surface area contributed by atoms with Gasteiger partial charge in [0.2, 0.25) is 5.90 Å². The summed E-state index contributed by atoms with van der Waals surface area (Å²) < 4.78 is 5.46. The molecule has 0 aromatic heterocycles. The van der Waals surface area contributed by atoms with Crippen molar-refractivity contribution in [2.45, 2.75) is 19.3 Å². The number of esters is 1. The van der Waals surface area contributed by atoms with Gasteiger partial charge in [-0.25, -0.2) is 9.79 Å². The van der Waals surface area contributed by atoms with Gasteiger partial charge in [0.05, 0.1) is 0 Å². The predicted octanol–water partition coefficient (Wildman–Crippen LogP) is 5.85. The molecule has 0 atom stereocenters. The Hall–Kier alpha value is -3.92. The van der Waals surface area contributed by atoms with Crippen LogP contribution in [0.4, 0.5) is 5.69 Å². The average Bonchev–Trinajstić information content (AvgIpc) is 3.28.